The zero-order valence-electron chi connectivity index (χ0n) is 12.1. The second-order valence-corrected chi connectivity index (χ2v) is 19.4. The number of rotatable bonds is 8. The van der Waals surface area contributed by atoms with Crippen LogP contribution in [-0.4, -0.2) is 27.3 Å². The highest BCUT2D eigenvalue weighted by molar-refractivity contribution is 6.76. The molecule has 0 aromatic carbocycles. The highest BCUT2D eigenvalue weighted by Crippen LogP contribution is 2.22. The van der Waals surface area contributed by atoms with E-state index in [1.54, 1.807) is 0 Å². The van der Waals surface area contributed by atoms with Crippen molar-refractivity contribution in [3.8, 4) is 0 Å². The van der Waals surface area contributed by atoms with Gasteiger partial charge >= 0.3 is 0 Å². The van der Waals surface area contributed by atoms with E-state index in [0.29, 0.717) is 0 Å². The van der Waals surface area contributed by atoms with Gasteiger partial charge in [-0.05, 0) is 12.8 Å². The van der Waals surface area contributed by atoms with Crippen LogP contribution < -0.4 is 0 Å². The van der Waals surface area contributed by atoms with Crippen LogP contribution in [0.3, 0.4) is 0 Å². The summed E-state index contributed by atoms with van der Waals surface area (Å²) in [6.45, 7) is 14.1. The summed E-state index contributed by atoms with van der Waals surface area (Å²) in [5, 5.41) is 0. The molecular weight excluding hydrogens is 287 g/mol. The lowest BCUT2D eigenvalue weighted by Gasteiger charge is -2.22. The van der Waals surface area contributed by atoms with Gasteiger partial charge in [-0.2, -0.15) is 0 Å². The Balaban J connectivity index is 3.77. The molecule has 0 saturated heterocycles. The summed E-state index contributed by atoms with van der Waals surface area (Å²) in [7, 11) is -2.04. The highest BCUT2D eigenvalue weighted by atomic mass is 35.5. The molecule has 5 heteroatoms. The van der Waals surface area contributed by atoms with Crippen molar-refractivity contribution in [1.29, 1.82) is 0 Å². The second kappa shape index (κ2) is 7.54. The Labute approximate surface area is 119 Å². The van der Waals surface area contributed by atoms with E-state index in [2.05, 4.69) is 39.3 Å². The van der Waals surface area contributed by atoms with Gasteiger partial charge in [0.2, 0.25) is 0 Å². The first-order valence-electron chi connectivity index (χ1n) is 6.43. The van der Waals surface area contributed by atoms with Gasteiger partial charge in [-0.15, -0.1) is 0 Å². The second-order valence-electron chi connectivity index (χ2n) is 7.15. The number of hydrogen-bond acceptors (Lipinski definition) is 1. The van der Waals surface area contributed by atoms with Gasteiger partial charge in [-0.1, -0.05) is 74.6 Å². The molecule has 0 heterocycles. The van der Waals surface area contributed by atoms with Gasteiger partial charge in [0.25, 0.3) is 0 Å². The van der Waals surface area contributed by atoms with E-state index >= 15 is 0 Å². The first-order valence-corrected chi connectivity index (χ1v) is 14.7. The third-order valence-corrected chi connectivity index (χ3v) is 6.76. The molecule has 0 spiro atoms. The van der Waals surface area contributed by atoms with Gasteiger partial charge in [0.1, 0.15) is 11.1 Å². The van der Waals surface area contributed by atoms with Crippen LogP contribution in [0.4, 0.5) is 0 Å². The van der Waals surface area contributed by atoms with Crippen LogP contribution in [0.5, 0.6) is 0 Å². The zero-order chi connectivity index (χ0) is 13.7. The molecule has 0 radical (unpaired) electrons. The normalized spacial score (nSPS) is 16.9. The van der Waals surface area contributed by atoms with Crippen molar-refractivity contribution in [2.24, 2.45) is 0 Å². The molecule has 17 heavy (non-hydrogen) atoms. The minimum absolute atomic E-state index is 0.217. The SMILES string of the molecule is C[Si](C)(C)CCC(Cl)OC(Cl)CC[Si](C)(C)C. The van der Waals surface area contributed by atoms with Crippen molar-refractivity contribution in [2.75, 3.05) is 0 Å². The topological polar surface area (TPSA) is 9.23 Å². The first-order chi connectivity index (χ1) is 7.49. The Bertz CT molecular complexity index is 190. The summed E-state index contributed by atoms with van der Waals surface area (Å²) in [6.07, 6.45) is 1.85. The largest absolute Gasteiger partial charge is 0.344 e. The van der Waals surface area contributed by atoms with Crippen molar-refractivity contribution in [3.05, 3.63) is 0 Å². The number of halogens is 2. The Morgan fingerprint density at radius 2 is 1.06 bits per heavy atom. The maximum absolute atomic E-state index is 6.16. The number of ether oxygens (including phenoxy) is 1. The lowest BCUT2D eigenvalue weighted by Crippen LogP contribution is -2.24. The van der Waals surface area contributed by atoms with E-state index in [1.165, 1.54) is 12.1 Å². The molecule has 0 fully saturated rings. The number of hydrogen-bond donors (Lipinski definition) is 0. The maximum atomic E-state index is 6.16. The summed E-state index contributed by atoms with van der Waals surface area (Å²) in [5.74, 6) is 0. The fourth-order valence-corrected chi connectivity index (χ4v) is 4.53. The average Bonchev–Trinajstić information content (AvgIpc) is 2.09. The summed E-state index contributed by atoms with van der Waals surface area (Å²) < 4.78 is 5.62. The summed E-state index contributed by atoms with van der Waals surface area (Å²) in [4.78, 5) is 0. The summed E-state index contributed by atoms with van der Waals surface area (Å²) in [5.41, 5.74) is -0.434. The average molecular weight is 315 g/mol. The minimum Gasteiger partial charge on any atom is -0.344 e. The molecule has 2 atom stereocenters. The quantitative estimate of drug-likeness (QED) is 0.419. The fourth-order valence-electron chi connectivity index (χ4n) is 1.39. The molecule has 0 aliphatic rings. The van der Waals surface area contributed by atoms with Crippen molar-refractivity contribution in [3.63, 3.8) is 0 Å². The van der Waals surface area contributed by atoms with Crippen LogP contribution >= 0.6 is 23.2 Å². The molecule has 0 rings (SSSR count). The Morgan fingerprint density at radius 1 is 0.765 bits per heavy atom. The molecule has 0 amide bonds. The van der Waals surface area contributed by atoms with E-state index in [-0.39, 0.29) is 11.1 Å². The smallest absolute Gasteiger partial charge is 0.132 e. The molecule has 0 N–H and O–H groups in total. The first kappa shape index (κ1) is 18.0. The monoisotopic (exact) mass is 314 g/mol. The van der Waals surface area contributed by atoms with Crippen LogP contribution in [0, 0.1) is 0 Å². The van der Waals surface area contributed by atoms with E-state index in [1.807, 2.05) is 0 Å². The van der Waals surface area contributed by atoms with Gasteiger partial charge in [0.05, 0.1) is 0 Å². The van der Waals surface area contributed by atoms with Crippen LogP contribution in [0.1, 0.15) is 12.8 Å². The van der Waals surface area contributed by atoms with E-state index in [0.717, 1.165) is 12.8 Å². The predicted molar refractivity (Wildman–Crippen MR) is 85.9 cm³/mol. The summed E-state index contributed by atoms with van der Waals surface area (Å²) >= 11 is 12.3. The molecule has 1 nitrogen and oxygen atoms in total. The van der Waals surface area contributed by atoms with Crippen molar-refractivity contribution < 1.29 is 4.74 Å². The predicted octanol–water partition coefficient (Wildman–Crippen LogP) is 5.59. The van der Waals surface area contributed by atoms with E-state index < -0.39 is 16.1 Å². The fraction of sp³-hybridized carbons (Fsp3) is 1.00. The molecule has 0 aliphatic heterocycles. The Morgan fingerprint density at radius 3 is 1.29 bits per heavy atom. The Kier molecular flexibility index (Phi) is 7.97. The minimum atomic E-state index is -1.02. The molecule has 0 saturated carbocycles. The van der Waals surface area contributed by atoms with Crippen molar-refractivity contribution >= 4 is 39.3 Å². The lowest BCUT2D eigenvalue weighted by atomic mass is 10.5. The molecule has 0 aliphatic carbocycles. The molecular formula is C12H28Cl2OSi2. The third-order valence-electron chi connectivity index (χ3n) is 2.54. The van der Waals surface area contributed by atoms with Gasteiger partial charge in [-0.3, -0.25) is 0 Å². The van der Waals surface area contributed by atoms with Crippen molar-refractivity contribution in [1.82, 2.24) is 0 Å². The van der Waals surface area contributed by atoms with Crippen LogP contribution in [0.2, 0.25) is 51.4 Å². The Hall–Kier alpha value is 0.974. The van der Waals surface area contributed by atoms with Gasteiger partial charge < -0.3 is 4.74 Å². The van der Waals surface area contributed by atoms with Crippen LogP contribution in [0.25, 0.3) is 0 Å². The highest BCUT2D eigenvalue weighted by Gasteiger charge is 2.20. The number of alkyl halides is 2. The van der Waals surface area contributed by atoms with E-state index in [4.69, 9.17) is 27.9 Å². The molecule has 104 valence electrons. The van der Waals surface area contributed by atoms with Crippen molar-refractivity contribution in [2.45, 2.75) is 75.3 Å². The van der Waals surface area contributed by atoms with Gasteiger partial charge in [0, 0.05) is 16.1 Å². The standard InChI is InChI=1S/C12H28Cl2OSi2/c1-16(2,3)9-7-11(13)15-12(14)8-10-17(4,5)6/h11-12H,7-10H2,1-6H3. The van der Waals surface area contributed by atoms with E-state index in [9.17, 15) is 0 Å². The molecule has 2 unspecified atom stereocenters. The van der Waals surface area contributed by atoms with Gasteiger partial charge in [-0.25, -0.2) is 0 Å². The lowest BCUT2D eigenvalue weighted by molar-refractivity contribution is 0.0775. The third kappa shape index (κ3) is 13.2. The molecule has 0 bridgehead atoms. The zero-order valence-corrected chi connectivity index (χ0v) is 15.7. The van der Waals surface area contributed by atoms with Crippen LogP contribution in [0.15, 0.2) is 0 Å². The maximum Gasteiger partial charge on any atom is 0.132 e. The van der Waals surface area contributed by atoms with Gasteiger partial charge in [0.15, 0.2) is 0 Å². The van der Waals surface area contributed by atoms with Crippen LogP contribution in [-0.2, 0) is 4.74 Å². The summed E-state index contributed by atoms with van der Waals surface area (Å²) in [6, 6.07) is 2.39. The molecule has 0 aromatic heterocycles. The molecule has 0 aromatic rings.